The highest BCUT2D eigenvalue weighted by atomic mass is 16.5. The highest BCUT2D eigenvalue weighted by molar-refractivity contribution is 5.87. The fraction of sp³-hybridized carbons (Fsp3) is 0.750. The smallest absolute Gasteiger partial charge is 0.241 e. The van der Waals surface area contributed by atoms with Gasteiger partial charge < -0.3 is 15.6 Å². The third-order valence-corrected chi connectivity index (χ3v) is 3.58. The Kier molecular flexibility index (Phi) is 2.91. The number of aliphatic hydroxyl groups is 1. The second-order valence-corrected chi connectivity index (χ2v) is 5.44. The number of aliphatic hydroxyl groups excluding tert-OH is 1. The summed E-state index contributed by atoms with van der Waals surface area (Å²) < 4.78 is 5.77. The molecule has 1 amide bonds. The molecular weight excluding hydrogens is 220 g/mol. The average molecular weight is 240 g/mol. The molecule has 1 fully saturated rings. The van der Waals surface area contributed by atoms with E-state index in [9.17, 15) is 9.90 Å². The van der Waals surface area contributed by atoms with Gasteiger partial charge in [-0.2, -0.15) is 0 Å². The molecule has 2 unspecified atom stereocenters. The summed E-state index contributed by atoms with van der Waals surface area (Å²) >= 11 is 0. The molecule has 2 aliphatic rings. The van der Waals surface area contributed by atoms with Crippen LogP contribution in [-0.2, 0) is 9.53 Å². The zero-order valence-corrected chi connectivity index (χ0v) is 10.5. The van der Waals surface area contributed by atoms with Gasteiger partial charge >= 0.3 is 0 Å². The zero-order valence-electron chi connectivity index (χ0n) is 10.5. The van der Waals surface area contributed by atoms with Crippen molar-refractivity contribution in [1.82, 2.24) is 4.90 Å². The standard InChI is InChI=1S/C12H20N2O3/c1-7(15)9-10(16)14-6-8(17-11(9)14)12(2,3)4-5-13/h6-7,9,11,15H,4-5,13H2,1-3H3/t7-,9?,11?/m1/s1. The number of nitrogens with two attached hydrogens (primary N) is 1. The number of carbonyl (C=O) groups excluding carboxylic acids is 1. The summed E-state index contributed by atoms with van der Waals surface area (Å²) in [5.74, 6) is 0.283. The van der Waals surface area contributed by atoms with Gasteiger partial charge in [0, 0.05) is 11.6 Å². The number of allylic oxidation sites excluding steroid dienone is 1. The first kappa shape index (κ1) is 12.4. The molecule has 0 saturated carbocycles. The van der Waals surface area contributed by atoms with E-state index in [1.807, 2.05) is 13.8 Å². The van der Waals surface area contributed by atoms with Crippen molar-refractivity contribution >= 4 is 5.91 Å². The minimum atomic E-state index is -0.672. The maximum Gasteiger partial charge on any atom is 0.241 e. The Morgan fingerprint density at radius 2 is 2.29 bits per heavy atom. The van der Waals surface area contributed by atoms with E-state index in [-0.39, 0.29) is 17.6 Å². The Labute approximate surface area is 101 Å². The topological polar surface area (TPSA) is 75.8 Å². The predicted octanol–water partition coefficient (Wildman–Crippen LogP) is 0.398. The minimum Gasteiger partial charge on any atom is -0.471 e. The lowest BCUT2D eigenvalue weighted by atomic mass is 9.87. The Bertz CT molecular complexity index is 363. The molecule has 0 bridgehead atoms. The highest BCUT2D eigenvalue weighted by Crippen LogP contribution is 2.43. The van der Waals surface area contributed by atoms with Gasteiger partial charge in [0.1, 0.15) is 11.7 Å². The number of nitrogens with zero attached hydrogens (tertiary/aromatic N) is 1. The molecule has 3 atom stereocenters. The molecule has 0 aromatic rings. The number of carbonyl (C=O) groups is 1. The van der Waals surface area contributed by atoms with Gasteiger partial charge in [0.05, 0.1) is 6.10 Å². The van der Waals surface area contributed by atoms with Gasteiger partial charge in [-0.05, 0) is 19.9 Å². The summed E-state index contributed by atoms with van der Waals surface area (Å²) in [5, 5.41) is 9.51. The molecule has 17 heavy (non-hydrogen) atoms. The second-order valence-electron chi connectivity index (χ2n) is 5.44. The lowest BCUT2D eigenvalue weighted by Crippen LogP contribution is -2.60. The number of ether oxygens (including phenoxy) is 1. The van der Waals surface area contributed by atoms with E-state index in [0.29, 0.717) is 6.54 Å². The molecule has 96 valence electrons. The molecule has 0 aromatic heterocycles. The third-order valence-electron chi connectivity index (χ3n) is 3.58. The first-order valence-corrected chi connectivity index (χ1v) is 5.98. The molecule has 2 aliphatic heterocycles. The number of hydrogen-bond donors (Lipinski definition) is 2. The zero-order chi connectivity index (χ0) is 12.8. The van der Waals surface area contributed by atoms with Crippen LogP contribution in [0.4, 0.5) is 0 Å². The van der Waals surface area contributed by atoms with E-state index >= 15 is 0 Å². The van der Waals surface area contributed by atoms with E-state index in [0.717, 1.165) is 12.2 Å². The van der Waals surface area contributed by atoms with Gasteiger partial charge in [0.25, 0.3) is 0 Å². The van der Waals surface area contributed by atoms with Gasteiger partial charge in [0.2, 0.25) is 5.91 Å². The van der Waals surface area contributed by atoms with Crippen LogP contribution in [0, 0.1) is 11.3 Å². The van der Waals surface area contributed by atoms with Gasteiger partial charge in [-0.25, -0.2) is 0 Å². The lowest BCUT2D eigenvalue weighted by Gasteiger charge is -2.41. The van der Waals surface area contributed by atoms with Gasteiger partial charge in [-0.3, -0.25) is 9.69 Å². The largest absolute Gasteiger partial charge is 0.471 e. The van der Waals surface area contributed by atoms with Crippen LogP contribution in [0.3, 0.4) is 0 Å². The maximum atomic E-state index is 11.7. The molecule has 2 rings (SSSR count). The minimum absolute atomic E-state index is 0.0662. The van der Waals surface area contributed by atoms with Gasteiger partial charge in [0.15, 0.2) is 6.23 Å². The number of fused-ring (bicyclic) bond motifs is 1. The Morgan fingerprint density at radius 3 is 2.82 bits per heavy atom. The van der Waals surface area contributed by atoms with Crippen molar-refractivity contribution < 1.29 is 14.6 Å². The Hall–Kier alpha value is -1.07. The van der Waals surface area contributed by atoms with E-state index in [1.165, 1.54) is 0 Å². The van der Waals surface area contributed by atoms with Gasteiger partial charge in [-0.15, -0.1) is 0 Å². The maximum absolute atomic E-state index is 11.7. The monoisotopic (exact) mass is 240 g/mol. The van der Waals surface area contributed by atoms with Crippen molar-refractivity contribution in [1.29, 1.82) is 0 Å². The summed E-state index contributed by atoms with van der Waals surface area (Å²) in [6.45, 7) is 6.28. The Morgan fingerprint density at radius 1 is 1.65 bits per heavy atom. The van der Waals surface area contributed by atoms with Crippen molar-refractivity contribution in [3.05, 3.63) is 12.0 Å². The van der Waals surface area contributed by atoms with E-state index < -0.39 is 12.0 Å². The van der Waals surface area contributed by atoms with Crippen LogP contribution in [0.2, 0.25) is 0 Å². The van der Waals surface area contributed by atoms with E-state index in [2.05, 4.69) is 0 Å². The van der Waals surface area contributed by atoms with Crippen LogP contribution in [0.15, 0.2) is 12.0 Å². The van der Waals surface area contributed by atoms with Crippen molar-refractivity contribution in [3.8, 4) is 0 Å². The molecule has 3 N–H and O–H groups in total. The van der Waals surface area contributed by atoms with Crippen molar-refractivity contribution in [3.63, 3.8) is 0 Å². The first-order chi connectivity index (χ1) is 7.88. The number of β-lactam (4-membered cyclic amide) rings is 1. The predicted molar refractivity (Wildman–Crippen MR) is 62.4 cm³/mol. The van der Waals surface area contributed by atoms with Crippen molar-refractivity contribution in [2.45, 2.75) is 39.5 Å². The SMILES string of the molecule is C[C@@H](O)C1C(=O)N2C=C(C(C)(C)CCN)OC12. The fourth-order valence-electron chi connectivity index (χ4n) is 2.33. The molecule has 0 spiro atoms. The molecule has 0 aromatic carbocycles. The molecule has 0 aliphatic carbocycles. The second kappa shape index (κ2) is 3.99. The summed E-state index contributed by atoms with van der Waals surface area (Å²) in [7, 11) is 0. The third kappa shape index (κ3) is 1.83. The van der Waals surface area contributed by atoms with E-state index in [1.54, 1.807) is 18.0 Å². The number of amides is 1. The highest BCUT2D eigenvalue weighted by Gasteiger charge is 2.55. The molecule has 1 saturated heterocycles. The van der Waals surface area contributed by atoms with Crippen LogP contribution >= 0.6 is 0 Å². The average Bonchev–Trinajstić information content (AvgIpc) is 2.57. The fourth-order valence-corrected chi connectivity index (χ4v) is 2.33. The normalized spacial score (nSPS) is 29.4. The number of rotatable bonds is 4. The lowest BCUT2D eigenvalue weighted by molar-refractivity contribution is -0.180. The summed E-state index contributed by atoms with van der Waals surface area (Å²) in [6, 6.07) is 0. The molecule has 0 radical (unpaired) electrons. The quantitative estimate of drug-likeness (QED) is 0.697. The van der Waals surface area contributed by atoms with E-state index in [4.69, 9.17) is 10.5 Å². The summed E-state index contributed by atoms with van der Waals surface area (Å²) in [6.07, 6.45) is 1.55. The summed E-state index contributed by atoms with van der Waals surface area (Å²) in [5.41, 5.74) is 5.40. The molecule has 2 heterocycles. The molecular formula is C12H20N2O3. The van der Waals surface area contributed by atoms with Crippen LogP contribution in [0.1, 0.15) is 27.2 Å². The van der Waals surface area contributed by atoms with Crippen molar-refractivity contribution in [2.24, 2.45) is 17.1 Å². The van der Waals surface area contributed by atoms with Crippen molar-refractivity contribution in [2.75, 3.05) is 6.54 Å². The Balaban J connectivity index is 2.10. The van der Waals surface area contributed by atoms with Gasteiger partial charge in [-0.1, -0.05) is 13.8 Å². The molecule has 5 heteroatoms. The summed E-state index contributed by atoms with van der Waals surface area (Å²) in [4.78, 5) is 13.3. The number of hydrogen-bond acceptors (Lipinski definition) is 4. The molecule has 5 nitrogen and oxygen atoms in total. The van der Waals surface area contributed by atoms with Crippen LogP contribution in [-0.4, -0.2) is 34.8 Å². The van der Waals surface area contributed by atoms with Crippen LogP contribution < -0.4 is 5.73 Å². The first-order valence-electron chi connectivity index (χ1n) is 5.98. The van der Waals surface area contributed by atoms with Crippen LogP contribution in [0.5, 0.6) is 0 Å². The van der Waals surface area contributed by atoms with Crippen LogP contribution in [0.25, 0.3) is 0 Å².